The molecule has 0 aliphatic rings. The molecule has 0 bridgehead atoms. The zero-order valence-corrected chi connectivity index (χ0v) is 15.4. The number of halogens is 2. The van der Waals surface area contributed by atoms with E-state index in [4.69, 9.17) is 10.2 Å². The second-order valence-electron chi connectivity index (χ2n) is 5.33. The van der Waals surface area contributed by atoms with Crippen molar-refractivity contribution in [1.82, 2.24) is 10.3 Å². The van der Waals surface area contributed by atoms with Crippen LogP contribution in [-0.2, 0) is 11.2 Å². The summed E-state index contributed by atoms with van der Waals surface area (Å²) in [5, 5.41) is 2.87. The lowest BCUT2D eigenvalue weighted by molar-refractivity contribution is -0.121. The predicted molar refractivity (Wildman–Crippen MR) is 101 cm³/mol. The van der Waals surface area contributed by atoms with Crippen molar-refractivity contribution >= 4 is 30.7 Å². The topological polar surface area (TPSA) is 81.2 Å². The second-order valence-corrected chi connectivity index (χ2v) is 5.33. The summed E-state index contributed by atoms with van der Waals surface area (Å²) in [6, 6.07) is 8.08. The smallest absolute Gasteiger partial charge is 0.220 e. The van der Waals surface area contributed by atoms with Crippen LogP contribution in [0.2, 0.25) is 0 Å². The molecule has 0 saturated heterocycles. The van der Waals surface area contributed by atoms with Gasteiger partial charge < -0.3 is 15.5 Å². The fourth-order valence-electron chi connectivity index (χ4n) is 2.08. The van der Waals surface area contributed by atoms with Crippen LogP contribution >= 0.6 is 24.8 Å². The summed E-state index contributed by atoms with van der Waals surface area (Å²) in [6.45, 7) is 3.38. The average Bonchev–Trinajstić information content (AvgIpc) is 2.99. The lowest BCUT2D eigenvalue weighted by Gasteiger charge is -2.03. The van der Waals surface area contributed by atoms with E-state index in [1.54, 1.807) is 6.20 Å². The van der Waals surface area contributed by atoms with Gasteiger partial charge in [0.1, 0.15) is 0 Å². The van der Waals surface area contributed by atoms with Gasteiger partial charge in [0.05, 0.1) is 6.20 Å². The van der Waals surface area contributed by atoms with Crippen molar-refractivity contribution in [3.8, 4) is 11.3 Å². The number of hydrogen-bond acceptors (Lipinski definition) is 4. The Balaban J connectivity index is 0.00000264. The number of nitrogens with two attached hydrogens (primary N) is 1. The largest absolute Gasteiger partial charge is 0.441 e. The maximum Gasteiger partial charge on any atom is 0.220 e. The van der Waals surface area contributed by atoms with Gasteiger partial charge in [0.2, 0.25) is 5.91 Å². The minimum atomic E-state index is 0. The standard InChI is InChI=1S/C17H23N3O2.2ClH/c1-13-4-6-14(7-5-13)15-12-20-17(22-15)9-8-16(21)19-11-3-2-10-18;;/h4-7,12H,2-3,8-11,18H2,1H3,(H,19,21);2*1H. The Labute approximate surface area is 155 Å². The van der Waals surface area contributed by atoms with Gasteiger partial charge in [0.25, 0.3) is 0 Å². The van der Waals surface area contributed by atoms with Crippen LogP contribution in [0.4, 0.5) is 0 Å². The molecule has 1 amide bonds. The molecular weight excluding hydrogens is 349 g/mol. The zero-order valence-electron chi connectivity index (χ0n) is 13.8. The molecule has 0 spiro atoms. The number of oxazole rings is 1. The monoisotopic (exact) mass is 373 g/mol. The molecule has 0 aliphatic carbocycles. The molecule has 0 unspecified atom stereocenters. The van der Waals surface area contributed by atoms with Crippen molar-refractivity contribution in [2.45, 2.75) is 32.6 Å². The average molecular weight is 374 g/mol. The zero-order chi connectivity index (χ0) is 15.8. The van der Waals surface area contributed by atoms with Crippen LogP contribution in [0.15, 0.2) is 34.9 Å². The van der Waals surface area contributed by atoms with E-state index in [2.05, 4.69) is 10.3 Å². The molecule has 0 radical (unpaired) electrons. The Morgan fingerprint density at radius 3 is 2.58 bits per heavy atom. The number of carbonyl (C=O) groups excluding carboxylic acids is 1. The molecule has 3 N–H and O–H groups in total. The Morgan fingerprint density at radius 1 is 1.21 bits per heavy atom. The molecule has 0 atom stereocenters. The molecule has 1 aromatic heterocycles. The fourth-order valence-corrected chi connectivity index (χ4v) is 2.08. The number of rotatable bonds is 8. The summed E-state index contributed by atoms with van der Waals surface area (Å²) in [5.74, 6) is 1.35. The normalized spacial score (nSPS) is 9.75. The van der Waals surface area contributed by atoms with Gasteiger partial charge in [0.15, 0.2) is 11.7 Å². The molecule has 0 fully saturated rings. The minimum Gasteiger partial charge on any atom is -0.441 e. The molecule has 1 heterocycles. The summed E-state index contributed by atoms with van der Waals surface area (Å²) in [4.78, 5) is 15.9. The number of aryl methyl sites for hydroxylation is 2. The Kier molecular flexibility index (Phi) is 11.1. The highest BCUT2D eigenvalue weighted by molar-refractivity contribution is 5.85. The third-order valence-electron chi connectivity index (χ3n) is 3.41. The van der Waals surface area contributed by atoms with Crippen molar-refractivity contribution in [2.24, 2.45) is 5.73 Å². The minimum absolute atomic E-state index is 0. The first-order valence-electron chi connectivity index (χ1n) is 7.67. The quantitative estimate of drug-likeness (QED) is 0.695. The number of aromatic nitrogens is 1. The number of nitrogens with one attached hydrogen (secondary N) is 1. The van der Waals surface area contributed by atoms with E-state index in [-0.39, 0.29) is 30.7 Å². The molecule has 2 aromatic rings. The molecule has 0 aliphatic heterocycles. The van der Waals surface area contributed by atoms with Crippen molar-refractivity contribution in [3.05, 3.63) is 41.9 Å². The van der Waals surface area contributed by atoms with Crippen molar-refractivity contribution in [1.29, 1.82) is 0 Å². The van der Waals surface area contributed by atoms with E-state index in [0.717, 1.165) is 24.2 Å². The van der Waals surface area contributed by atoms with Gasteiger partial charge in [0, 0.05) is 24.9 Å². The van der Waals surface area contributed by atoms with E-state index in [0.29, 0.717) is 31.8 Å². The lowest BCUT2D eigenvalue weighted by atomic mass is 10.1. The molecular formula is C17H25Cl2N3O2. The Morgan fingerprint density at radius 2 is 1.92 bits per heavy atom. The first-order valence-corrected chi connectivity index (χ1v) is 7.67. The maximum absolute atomic E-state index is 11.7. The molecule has 2 rings (SSSR count). The number of benzene rings is 1. The molecule has 7 heteroatoms. The van der Waals surface area contributed by atoms with E-state index in [1.165, 1.54) is 5.56 Å². The van der Waals surface area contributed by atoms with E-state index < -0.39 is 0 Å². The van der Waals surface area contributed by atoms with Crippen LogP contribution in [0, 0.1) is 6.92 Å². The Bertz CT molecular complexity index is 600. The van der Waals surface area contributed by atoms with Gasteiger partial charge in [-0.3, -0.25) is 4.79 Å². The van der Waals surface area contributed by atoms with Crippen LogP contribution in [0.5, 0.6) is 0 Å². The maximum atomic E-state index is 11.7. The second kappa shape index (κ2) is 11.9. The molecule has 1 aromatic carbocycles. The number of carbonyl (C=O) groups is 1. The van der Waals surface area contributed by atoms with Gasteiger partial charge in [-0.2, -0.15) is 0 Å². The number of unbranched alkanes of at least 4 members (excludes halogenated alkanes) is 1. The van der Waals surface area contributed by atoms with Crippen molar-refractivity contribution in [3.63, 3.8) is 0 Å². The van der Waals surface area contributed by atoms with Crippen molar-refractivity contribution in [2.75, 3.05) is 13.1 Å². The van der Waals surface area contributed by atoms with Crippen LogP contribution in [-0.4, -0.2) is 24.0 Å². The van der Waals surface area contributed by atoms with Gasteiger partial charge >= 0.3 is 0 Å². The highest BCUT2D eigenvalue weighted by atomic mass is 35.5. The molecule has 134 valence electrons. The van der Waals surface area contributed by atoms with Crippen LogP contribution in [0.25, 0.3) is 11.3 Å². The first kappa shape index (κ1) is 22.4. The molecule has 24 heavy (non-hydrogen) atoms. The number of hydrogen-bond donors (Lipinski definition) is 2. The summed E-state index contributed by atoms with van der Waals surface area (Å²) < 4.78 is 5.70. The lowest BCUT2D eigenvalue weighted by Crippen LogP contribution is -2.25. The molecule has 5 nitrogen and oxygen atoms in total. The fraction of sp³-hybridized carbons (Fsp3) is 0.412. The van der Waals surface area contributed by atoms with Crippen LogP contribution in [0.1, 0.15) is 30.7 Å². The van der Waals surface area contributed by atoms with Crippen molar-refractivity contribution < 1.29 is 9.21 Å². The summed E-state index contributed by atoms with van der Waals surface area (Å²) >= 11 is 0. The summed E-state index contributed by atoms with van der Waals surface area (Å²) in [6.07, 6.45) is 4.45. The SMILES string of the molecule is Cc1ccc(-c2cnc(CCC(=O)NCCCCN)o2)cc1.Cl.Cl. The Hall–Kier alpha value is -1.56. The number of amides is 1. The van der Waals surface area contributed by atoms with Gasteiger partial charge in [-0.15, -0.1) is 24.8 Å². The third-order valence-corrected chi connectivity index (χ3v) is 3.41. The van der Waals surface area contributed by atoms with Crippen LogP contribution in [0.3, 0.4) is 0 Å². The van der Waals surface area contributed by atoms with E-state index >= 15 is 0 Å². The number of nitrogens with zero attached hydrogens (tertiary/aromatic N) is 1. The molecule has 0 saturated carbocycles. The van der Waals surface area contributed by atoms with Gasteiger partial charge in [-0.25, -0.2) is 4.98 Å². The third kappa shape index (κ3) is 7.34. The predicted octanol–water partition coefficient (Wildman–Crippen LogP) is 3.28. The van der Waals surface area contributed by atoms with E-state index in [1.807, 2.05) is 31.2 Å². The summed E-state index contributed by atoms with van der Waals surface area (Å²) in [5.41, 5.74) is 7.60. The highest BCUT2D eigenvalue weighted by Gasteiger charge is 2.08. The summed E-state index contributed by atoms with van der Waals surface area (Å²) in [7, 11) is 0. The van der Waals surface area contributed by atoms with E-state index in [9.17, 15) is 4.79 Å². The van der Waals surface area contributed by atoms with Gasteiger partial charge in [-0.1, -0.05) is 29.8 Å². The van der Waals surface area contributed by atoms with Gasteiger partial charge in [-0.05, 0) is 26.3 Å². The first-order chi connectivity index (χ1) is 10.7. The van der Waals surface area contributed by atoms with Crippen LogP contribution < -0.4 is 11.1 Å². The highest BCUT2D eigenvalue weighted by Crippen LogP contribution is 2.21.